The van der Waals surface area contributed by atoms with Crippen molar-refractivity contribution in [1.29, 1.82) is 0 Å². The highest BCUT2D eigenvalue weighted by Crippen LogP contribution is 2.28. The molecule has 0 fully saturated rings. The van der Waals surface area contributed by atoms with Gasteiger partial charge in [-0.05, 0) is 41.0 Å². The quantitative estimate of drug-likeness (QED) is 0.306. The molecule has 0 aliphatic rings. The second kappa shape index (κ2) is 4.82. The van der Waals surface area contributed by atoms with Crippen molar-refractivity contribution in [3.8, 4) is 5.75 Å². The van der Waals surface area contributed by atoms with Gasteiger partial charge in [0.15, 0.2) is 0 Å². The van der Waals surface area contributed by atoms with Gasteiger partial charge in [-0.1, -0.05) is 18.2 Å². The third-order valence-corrected chi connectivity index (χ3v) is 4.25. The fourth-order valence-electron chi connectivity index (χ4n) is 2.79. The molecule has 1 unspecified atom stereocenters. The molecule has 0 aliphatic carbocycles. The van der Waals surface area contributed by atoms with E-state index < -0.39 is 0 Å². The lowest BCUT2D eigenvalue weighted by Crippen LogP contribution is -2.04. The molecule has 0 radical (unpaired) electrons. The summed E-state index contributed by atoms with van der Waals surface area (Å²) in [5.74, 6) is 0.722. The van der Waals surface area contributed by atoms with Crippen LogP contribution in [0.15, 0.2) is 57.7 Å². The van der Waals surface area contributed by atoms with Crippen molar-refractivity contribution < 1.29 is 9.15 Å². The molecule has 22 heavy (non-hydrogen) atoms. The van der Waals surface area contributed by atoms with Gasteiger partial charge >= 0.3 is 0 Å². The van der Waals surface area contributed by atoms with Crippen molar-refractivity contribution in [3.05, 3.63) is 58.8 Å². The van der Waals surface area contributed by atoms with Crippen LogP contribution in [0, 0.1) is 0 Å². The lowest BCUT2D eigenvalue weighted by molar-refractivity contribution is 0.415. The number of fused-ring (bicyclic) bond motifs is 4. The maximum absolute atomic E-state index is 12.9. The van der Waals surface area contributed by atoms with E-state index in [0.29, 0.717) is 21.9 Å². The Balaban J connectivity index is 2.25. The number of ether oxygens (including phenoxy) is 1. The van der Waals surface area contributed by atoms with Crippen LogP contribution in [0.2, 0.25) is 0 Å². The summed E-state index contributed by atoms with van der Waals surface area (Å²) in [6.07, 6.45) is 0. The molecule has 3 aromatic carbocycles. The highest BCUT2D eigenvalue weighted by Gasteiger charge is 2.11. The standard InChI is InChI=1S/C18H13O3P/c1-20-11-4-2-10-3-7-15-17(14(10)8-11)18(19)13-6-5-12(22)9-16(13)21-15/h2-9H,22H2,1H3. The van der Waals surface area contributed by atoms with Crippen LogP contribution in [0.3, 0.4) is 0 Å². The molecule has 1 atom stereocenters. The van der Waals surface area contributed by atoms with Crippen LogP contribution < -0.4 is 15.5 Å². The number of methoxy groups -OCH3 is 1. The van der Waals surface area contributed by atoms with E-state index in [1.165, 1.54) is 0 Å². The number of hydrogen-bond acceptors (Lipinski definition) is 3. The first-order valence-electron chi connectivity index (χ1n) is 6.90. The van der Waals surface area contributed by atoms with Gasteiger partial charge in [-0.2, -0.15) is 0 Å². The van der Waals surface area contributed by atoms with Crippen LogP contribution in [0.1, 0.15) is 0 Å². The minimum Gasteiger partial charge on any atom is -0.497 e. The summed E-state index contributed by atoms with van der Waals surface area (Å²) < 4.78 is 11.2. The van der Waals surface area contributed by atoms with Gasteiger partial charge in [-0.15, -0.1) is 9.24 Å². The van der Waals surface area contributed by atoms with Crippen LogP contribution in [0.4, 0.5) is 0 Å². The first-order chi connectivity index (χ1) is 10.7. The van der Waals surface area contributed by atoms with Crippen LogP contribution >= 0.6 is 9.24 Å². The highest BCUT2D eigenvalue weighted by molar-refractivity contribution is 7.27. The Hall–Kier alpha value is -2.38. The van der Waals surface area contributed by atoms with E-state index in [1.807, 2.05) is 48.5 Å². The Morgan fingerprint density at radius 1 is 0.955 bits per heavy atom. The zero-order valence-corrected chi connectivity index (χ0v) is 13.1. The van der Waals surface area contributed by atoms with E-state index in [0.717, 1.165) is 21.8 Å². The predicted octanol–water partition coefficient (Wildman–Crippen LogP) is 3.61. The lowest BCUT2D eigenvalue weighted by atomic mass is 10.0. The molecule has 1 heterocycles. The fraction of sp³-hybridized carbons (Fsp3) is 0.0556. The van der Waals surface area contributed by atoms with E-state index in [4.69, 9.17) is 9.15 Å². The van der Waals surface area contributed by atoms with Crippen molar-refractivity contribution in [3.63, 3.8) is 0 Å². The normalized spacial score (nSPS) is 11.4. The molecule has 0 spiro atoms. The molecular formula is C18H13O3P. The van der Waals surface area contributed by atoms with Gasteiger partial charge < -0.3 is 9.15 Å². The van der Waals surface area contributed by atoms with Crippen molar-refractivity contribution in [1.82, 2.24) is 0 Å². The second-order valence-corrected chi connectivity index (χ2v) is 5.88. The van der Waals surface area contributed by atoms with Gasteiger partial charge in [-0.25, -0.2) is 0 Å². The van der Waals surface area contributed by atoms with Gasteiger partial charge in [0.25, 0.3) is 0 Å². The van der Waals surface area contributed by atoms with Crippen LogP contribution in [0.5, 0.6) is 5.75 Å². The molecule has 3 nitrogen and oxygen atoms in total. The Morgan fingerprint density at radius 3 is 2.59 bits per heavy atom. The van der Waals surface area contributed by atoms with Crippen LogP contribution in [-0.4, -0.2) is 7.11 Å². The largest absolute Gasteiger partial charge is 0.497 e. The highest BCUT2D eigenvalue weighted by atomic mass is 31.0. The molecule has 4 aromatic rings. The monoisotopic (exact) mass is 308 g/mol. The second-order valence-electron chi connectivity index (χ2n) is 5.21. The predicted molar refractivity (Wildman–Crippen MR) is 93.4 cm³/mol. The van der Waals surface area contributed by atoms with Crippen molar-refractivity contribution >= 4 is 47.3 Å². The van der Waals surface area contributed by atoms with Crippen molar-refractivity contribution in [2.75, 3.05) is 7.11 Å². The van der Waals surface area contributed by atoms with Gasteiger partial charge in [0.05, 0.1) is 17.9 Å². The lowest BCUT2D eigenvalue weighted by Gasteiger charge is -2.07. The molecule has 0 N–H and O–H groups in total. The van der Waals surface area contributed by atoms with E-state index in [1.54, 1.807) is 7.11 Å². The van der Waals surface area contributed by atoms with E-state index >= 15 is 0 Å². The average Bonchev–Trinajstić information content (AvgIpc) is 2.53. The summed E-state index contributed by atoms with van der Waals surface area (Å²) in [5.41, 5.74) is 1.18. The zero-order chi connectivity index (χ0) is 15.3. The van der Waals surface area contributed by atoms with Crippen LogP contribution in [-0.2, 0) is 0 Å². The molecule has 4 rings (SSSR count). The molecule has 0 saturated heterocycles. The van der Waals surface area contributed by atoms with E-state index in [9.17, 15) is 4.79 Å². The molecule has 1 aromatic heterocycles. The molecule has 4 heteroatoms. The summed E-state index contributed by atoms with van der Waals surface area (Å²) >= 11 is 0. The summed E-state index contributed by atoms with van der Waals surface area (Å²) in [6, 6.07) is 15.1. The number of benzene rings is 3. The topological polar surface area (TPSA) is 39.4 Å². The summed E-state index contributed by atoms with van der Waals surface area (Å²) in [4.78, 5) is 12.9. The van der Waals surface area contributed by atoms with Crippen LogP contribution in [0.25, 0.3) is 32.7 Å². The summed E-state index contributed by atoms with van der Waals surface area (Å²) in [5, 5.41) is 4.01. The van der Waals surface area contributed by atoms with Gasteiger partial charge in [-0.3, -0.25) is 4.79 Å². The average molecular weight is 308 g/mol. The first-order valence-corrected chi connectivity index (χ1v) is 7.48. The molecule has 0 aliphatic heterocycles. The zero-order valence-electron chi connectivity index (χ0n) is 11.9. The molecular weight excluding hydrogens is 295 g/mol. The maximum atomic E-state index is 12.9. The van der Waals surface area contributed by atoms with E-state index in [2.05, 4.69) is 9.24 Å². The van der Waals surface area contributed by atoms with Crippen molar-refractivity contribution in [2.24, 2.45) is 0 Å². The van der Waals surface area contributed by atoms with Gasteiger partial charge in [0.2, 0.25) is 5.43 Å². The molecule has 0 amide bonds. The maximum Gasteiger partial charge on any atom is 0.201 e. The fourth-order valence-corrected chi connectivity index (χ4v) is 3.04. The minimum atomic E-state index is -0.0138. The van der Waals surface area contributed by atoms with Gasteiger partial charge in [0.1, 0.15) is 16.9 Å². The smallest absolute Gasteiger partial charge is 0.201 e. The Kier molecular flexibility index (Phi) is 2.91. The molecule has 0 bridgehead atoms. The number of hydrogen-bond donors (Lipinski definition) is 0. The van der Waals surface area contributed by atoms with Crippen molar-refractivity contribution in [2.45, 2.75) is 0 Å². The third kappa shape index (κ3) is 1.90. The Bertz CT molecular complexity index is 1100. The number of rotatable bonds is 1. The molecule has 0 saturated carbocycles. The van der Waals surface area contributed by atoms with Gasteiger partial charge in [0, 0.05) is 5.39 Å². The Morgan fingerprint density at radius 2 is 1.77 bits per heavy atom. The Labute approximate surface area is 128 Å². The minimum absolute atomic E-state index is 0.0138. The van der Waals surface area contributed by atoms with E-state index in [-0.39, 0.29) is 5.43 Å². The molecule has 108 valence electrons. The first kappa shape index (κ1) is 13.3. The SMILES string of the molecule is COc1ccc2ccc3oc4cc(P)ccc4c(=O)c3c2c1. The summed E-state index contributed by atoms with van der Waals surface area (Å²) in [7, 11) is 4.23. The third-order valence-electron chi connectivity index (χ3n) is 3.89. The summed E-state index contributed by atoms with van der Waals surface area (Å²) in [6.45, 7) is 0.